The highest BCUT2D eigenvalue weighted by Gasteiger charge is 2.31. The SMILES string of the molecule is CC[C@H](C)NC(=O)C[NH+]1CCN(S(=O)(=O)c2ccc(F)c(Cl)c2)CC1. The van der Waals surface area contributed by atoms with Gasteiger partial charge in [-0.3, -0.25) is 4.79 Å². The van der Waals surface area contributed by atoms with Gasteiger partial charge in [0.25, 0.3) is 5.91 Å². The molecule has 1 atom stereocenters. The third-order valence-electron chi connectivity index (χ3n) is 4.39. The predicted molar refractivity (Wildman–Crippen MR) is 93.6 cm³/mol. The predicted octanol–water partition coefficient (Wildman–Crippen LogP) is 0.283. The number of hydrogen-bond donors (Lipinski definition) is 2. The summed E-state index contributed by atoms with van der Waals surface area (Å²) in [4.78, 5) is 13.0. The fourth-order valence-corrected chi connectivity index (χ4v) is 4.37. The number of carbonyl (C=O) groups excluding carboxylic acids is 1. The molecule has 1 aliphatic heterocycles. The molecule has 9 heteroatoms. The van der Waals surface area contributed by atoms with E-state index in [4.69, 9.17) is 11.6 Å². The van der Waals surface area contributed by atoms with Crippen LogP contribution in [0.15, 0.2) is 23.1 Å². The van der Waals surface area contributed by atoms with Crippen molar-refractivity contribution < 1.29 is 22.5 Å². The maximum absolute atomic E-state index is 13.2. The number of nitrogens with one attached hydrogen (secondary N) is 2. The molecule has 0 spiro atoms. The highest BCUT2D eigenvalue weighted by molar-refractivity contribution is 7.89. The van der Waals surface area contributed by atoms with Crippen LogP contribution in [-0.2, 0) is 14.8 Å². The average molecular weight is 393 g/mol. The number of rotatable bonds is 6. The van der Waals surface area contributed by atoms with E-state index in [-0.39, 0.29) is 21.9 Å². The molecule has 0 saturated carbocycles. The second-order valence-electron chi connectivity index (χ2n) is 6.28. The summed E-state index contributed by atoms with van der Waals surface area (Å²) in [5, 5.41) is 2.70. The zero-order valence-electron chi connectivity index (χ0n) is 14.4. The lowest BCUT2D eigenvalue weighted by Gasteiger charge is -2.31. The van der Waals surface area contributed by atoms with Crippen LogP contribution in [0.5, 0.6) is 0 Å². The van der Waals surface area contributed by atoms with Gasteiger partial charge in [-0.25, -0.2) is 12.8 Å². The van der Waals surface area contributed by atoms with Crippen molar-refractivity contribution in [2.75, 3.05) is 32.7 Å². The maximum Gasteiger partial charge on any atom is 0.275 e. The Hall–Kier alpha value is -1.22. The van der Waals surface area contributed by atoms with E-state index in [0.29, 0.717) is 32.7 Å². The Morgan fingerprint density at radius 1 is 1.40 bits per heavy atom. The monoisotopic (exact) mass is 392 g/mol. The third-order valence-corrected chi connectivity index (χ3v) is 6.57. The molecule has 0 unspecified atom stereocenters. The fourth-order valence-electron chi connectivity index (χ4n) is 2.66. The van der Waals surface area contributed by atoms with Crippen LogP contribution in [0.4, 0.5) is 4.39 Å². The number of quaternary nitrogens is 1. The van der Waals surface area contributed by atoms with E-state index in [9.17, 15) is 17.6 Å². The van der Waals surface area contributed by atoms with Gasteiger partial charge in [0.05, 0.1) is 36.1 Å². The molecule has 1 aromatic rings. The van der Waals surface area contributed by atoms with Crippen molar-refractivity contribution in [3.63, 3.8) is 0 Å². The van der Waals surface area contributed by atoms with Gasteiger partial charge < -0.3 is 10.2 Å². The topological polar surface area (TPSA) is 70.9 Å². The van der Waals surface area contributed by atoms with E-state index in [1.54, 1.807) is 0 Å². The van der Waals surface area contributed by atoms with Crippen LogP contribution in [0.25, 0.3) is 0 Å². The van der Waals surface area contributed by atoms with E-state index < -0.39 is 15.8 Å². The van der Waals surface area contributed by atoms with Crippen LogP contribution >= 0.6 is 11.6 Å². The number of sulfonamides is 1. The molecule has 1 fully saturated rings. The Labute approximate surface area is 153 Å². The first-order valence-electron chi connectivity index (χ1n) is 8.32. The molecular weight excluding hydrogens is 369 g/mol. The van der Waals surface area contributed by atoms with Crippen LogP contribution in [0.3, 0.4) is 0 Å². The summed E-state index contributed by atoms with van der Waals surface area (Å²) in [7, 11) is -3.71. The Kier molecular flexibility index (Phi) is 6.79. The van der Waals surface area contributed by atoms with Crippen molar-refractivity contribution in [3.05, 3.63) is 29.0 Å². The van der Waals surface area contributed by atoms with Crippen LogP contribution < -0.4 is 10.2 Å². The number of hydrogen-bond acceptors (Lipinski definition) is 3. The molecule has 1 saturated heterocycles. The first-order valence-corrected chi connectivity index (χ1v) is 10.1. The summed E-state index contributed by atoms with van der Waals surface area (Å²) >= 11 is 5.69. The van der Waals surface area contributed by atoms with Crippen molar-refractivity contribution in [2.24, 2.45) is 0 Å². The highest BCUT2D eigenvalue weighted by atomic mass is 35.5. The molecule has 25 heavy (non-hydrogen) atoms. The molecule has 6 nitrogen and oxygen atoms in total. The Balaban J connectivity index is 1.94. The molecule has 0 aliphatic carbocycles. The minimum Gasteiger partial charge on any atom is -0.349 e. The summed E-state index contributed by atoms with van der Waals surface area (Å²) < 4.78 is 39.8. The second kappa shape index (κ2) is 8.44. The van der Waals surface area contributed by atoms with E-state index in [1.165, 1.54) is 10.4 Å². The van der Waals surface area contributed by atoms with Gasteiger partial charge >= 0.3 is 0 Å². The van der Waals surface area contributed by atoms with Gasteiger partial charge in [0.1, 0.15) is 5.82 Å². The molecule has 1 aromatic carbocycles. The van der Waals surface area contributed by atoms with Gasteiger partial charge in [0.15, 0.2) is 6.54 Å². The zero-order chi connectivity index (χ0) is 18.6. The maximum atomic E-state index is 13.2. The first kappa shape index (κ1) is 20.1. The van der Waals surface area contributed by atoms with E-state index >= 15 is 0 Å². The number of halogens is 2. The van der Waals surface area contributed by atoms with Crippen molar-refractivity contribution in [3.8, 4) is 0 Å². The summed E-state index contributed by atoms with van der Waals surface area (Å²) in [6, 6.07) is 3.54. The Bertz CT molecular complexity index is 721. The van der Waals surface area contributed by atoms with E-state index in [0.717, 1.165) is 23.5 Å². The molecule has 1 amide bonds. The third kappa shape index (κ3) is 5.13. The Morgan fingerprint density at radius 3 is 2.60 bits per heavy atom. The summed E-state index contributed by atoms with van der Waals surface area (Å²) in [5.41, 5.74) is 0. The molecule has 1 aliphatic rings. The lowest BCUT2D eigenvalue weighted by Crippen LogP contribution is -3.15. The lowest BCUT2D eigenvalue weighted by atomic mass is 10.2. The van der Waals surface area contributed by atoms with Crippen LogP contribution in [-0.4, -0.2) is 57.4 Å². The van der Waals surface area contributed by atoms with E-state index in [1.807, 2.05) is 13.8 Å². The molecular formula is C16H24ClFN3O3S+. The minimum absolute atomic E-state index is 0.0168. The molecule has 140 valence electrons. The standard InChI is InChI=1S/C16H23ClFN3O3S/c1-3-12(2)19-16(22)11-20-6-8-21(9-7-20)25(23,24)13-4-5-15(18)14(17)10-13/h4-5,10,12H,3,6-9,11H2,1-2H3,(H,19,22)/p+1/t12-/m0/s1. The number of amides is 1. The summed E-state index contributed by atoms with van der Waals surface area (Å²) in [6.07, 6.45) is 0.868. The van der Waals surface area contributed by atoms with Gasteiger partial charge in [-0.05, 0) is 31.5 Å². The summed E-state index contributed by atoms with van der Waals surface area (Å²) in [5.74, 6) is -0.673. The smallest absolute Gasteiger partial charge is 0.275 e. The van der Waals surface area contributed by atoms with Crippen molar-refractivity contribution in [2.45, 2.75) is 31.2 Å². The fraction of sp³-hybridized carbons (Fsp3) is 0.562. The van der Waals surface area contributed by atoms with Crippen molar-refractivity contribution in [1.29, 1.82) is 0 Å². The van der Waals surface area contributed by atoms with Crippen LogP contribution in [0, 0.1) is 5.82 Å². The average Bonchev–Trinajstić information content (AvgIpc) is 2.57. The van der Waals surface area contributed by atoms with Gasteiger partial charge in [0.2, 0.25) is 10.0 Å². The number of piperazine rings is 1. The minimum atomic E-state index is -3.71. The molecule has 1 heterocycles. The normalized spacial score (nSPS) is 18.1. The van der Waals surface area contributed by atoms with Crippen molar-refractivity contribution in [1.82, 2.24) is 9.62 Å². The number of nitrogens with zero attached hydrogens (tertiary/aromatic N) is 1. The highest BCUT2D eigenvalue weighted by Crippen LogP contribution is 2.22. The van der Waals surface area contributed by atoms with Crippen molar-refractivity contribution >= 4 is 27.5 Å². The molecule has 2 N–H and O–H groups in total. The second-order valence-corrected chi connectivity index (χ2v) is 8.63. The lowest BCUT2D eigenvalue weighted by molar-refractivity contribution is -0.895. The molecule has 0 aromatic heterocycles. The Morgan fingerprint density at radius 2 is 2.04 bits per heavy atom. The number of carbonyl (C=O) groups is 1. The largest absolute Gasteiger partial charge is 0.349 e. The molecule has 0 radical (unpaired) electrons. The van der Waals surface area contributed by atoms with Gasteiger partial charge in [-0.2, -0.15) is 4.31 Å². The van der Waals surface area contributed by atoms with Gasteiger partial charge in [-0.15, -0.1) is 0 Å². The quantitative estimate of drug-likeness (QED) is 0.730. The van der Waals surface area contributed by atoms with Crippen LogP contribution in [0.2, 0.25) is 5.02 Å². The van der Waals surface area contributed by atoms with Crippen LogP contribution in [0.1, 0.15) is 20.3 Å². The summed E-state index contributed by atoms with van der Waals surface area (Å²) in [6.45, 7) is 5.99. The molecule has 0 bridgehead atoms. The zero-order valence-corrected chi connectivity index (χ0v) is 16.0. The van der Waals surface area contributed by atoms with E-state index in [2.05, 4.69) is 5.32 Å². The van der Waals surface area contributed by atoms with Gasteiger partial charge in [-0.1, -0.05) is 18.5 Å². The number of benzene rings is 1. The van der Waals surface area contributed by atoms with Gasteiger partial charge in [0, 0.05) is 6.04 Å². The molecule has 2 rings (SSSR count). The first-order chi connectivity index (χ1) is 11.7.